The van der Waals surface area contributed by atoms with E-state index in [1.54, 1.807) is 18.2 Å². The molecule has 6 nitrogen and oxygen atoms in total. The monoisotopic (exact) mass is 831 g/mol. The lowest BCUT2D eigenvalue weighted by Gasteiger charge is -2.16. The molecule has 0 aliphatic rings. The maximum atomic E-state index is 12.3. The number of carbonyl (C=O) groups is 2. The van der Waals surface area contributed by atoms with Gasteiger partial charge in [-0.25, -0.2) is 4.79 Å². The molecule has 0 radical (unpaired) electrons. The summed E-state index contributed by atoms with van der Waals surface area (Å²) in [6.45, 7) is 3.59. The van der Waals surface area contributed by atoms with Crippen LogP contribution in [0, 0.1) is 14.3 Å². The van der Waals surface area contributed by atoms with E-state index < -0.39 is 11.9 Å². The largest absolute Gasteiger partial charge is 0.545 e. The first-order chi connectivity index (χ1) is 13.2. The highest BCUT2D eigenvalue weighted by atomic mass is 127. The van der Waals surface area contributed by atoms with E-state index in [4.69, 9.17) is 9.47 Å². The van der Waals surface area contributed by atoms with Crippen molar-refractivity contribution in [2.75, 3.05) is 13.2 Å². The van der Waals surface area contributed by atoms with E-state index >= 15 is 0 Å². The van der Waals surface area contributed by atoms with Crippen molar-refractivity contribution in [1.29, 1.82) is 0 Å². The number of hydrogen-bond donors (Lipinski definition) is 1. The average Bonchev–Trinajstić information content (AvgIpc) is 2.62. The molecule has 0 bridgehead atoms. The molecule has 2 rings (SSSR count). The van der Waals surface area contributed by atoms with E-state index in [1.807, 2.05) is 90.4 Å². The highest BCUT2D eigenvalue weighted by Crippen LogP contribution is 2.33. The molecule has 0 heterocycles. The van der Waals surface area contributed by atoms with Gasteiger partial charge in [0.05, 0.1) is 16.7 Å². The van der Waals surface area contributed by atoms with E-state index in [9.17, 15) is 19.8 Å². The summed E-state index contributed by atoms with van der Waals surface area (Å²) in [6.07, 6.45) is 1.57. The number of halogens is 4. The predicted molar refractivity (Wildman–Crippen MR) is 136 cm³/mol. The highest BCUT2D eigenvalue weighted by Gasteiger charge is 2.18. The zero-order valence-corrected chi connectivity index (χ0v) is 22.6. The van der Waals surface area contributed by atoms with Crippen molar-refractivity contribution in [2.45, 2.75) is 0 Å². The summed E-state index contributed by atoms with van der Waals surface area (Å²) in [5, 5.41) is 21.4. The Labute approximate surface area is 215 Å². The van der Waals surface area contributed by atoms with Crippen molar-refractivity contribution in [1.82, 2.24) is 0 Å². The van der Waals surface area contributed by atoms with E-state index in [0.29, 0.717) is 22.0 Å². The molecule has 1 N–H and O–H groups in total. The van der Waals surface area contributed by atoms with Crippen LogP contribution in [0.2, 0.25) is 0 Å². The molecule has 0 spiro atoms. The molecule has 0 aliphatic heterocycles. The fraction of sp³-hybridized carbons (Fsp3) is 0.111. The third-order valence-corrected chi connectivity index (χ3v) is 6.94. The zero-order valence-electron chi connectivity index (χ0n) is 13.9. The third kappa shape index (κ3) is 5.62. The minimum absolute atomic E-state index is 0.0177. The number of ether oxygens (including phenoxy) is 2. The van der Waals surface area contributed by atoms with Crippen LogP contribution in [0.25, 0.3) is 6.08 Å². The van der Waals surface area contributed by atoms with Crippen LogP contribution in [0.1, 0.15) is 26.3 Å². The standard InChI is InChI=1S/C18H12I4O6/c1-2-8-5-9(15(23)11(20)6-8)18(26)28-4-3-27-16-12(21)7-10(19)13(14(16)22)17(24)25/h2,5-7,23H,1,3-4H2,(H,24,25)/p-1. The molecule has 0 unspecified atom stereocenters. The Hall–Kier alpha value is -0.360. The first kappa shape index (κ1) is 23.9. The fourth-order valence-corrected chi connectivity index (χ4v) is 6.91. The second-order valence-electron chi connectivity index (χ2n) is 5.23. The Kier molecular flexibility index (Phi) is 9.06. The fourth-order valence-electron chi connectivity index (χ4n) is 2.14. The minimum Gasteiger partial charge on any atom is -0.545 e. The number of hydrogen-bond acceptors (Lipinski definition) is 6. The van der Waals surface area contributed by atoms with Gasteiger partial charge in [-0.3, -0.25) is 0 Å². The Morgan fingerprint density at radius 3 is 2.36 bits per heavy atom. The van der Waals surface area contributed by atoms with Crippen molar-refractivity contribution in [2.24, 2.45) is 0 Å². The first-order valence-electron chi connectivity index (χ1n) is 7.51. The van der Waals surface area contributed by atoms with Crippen molar-refractivity contribution in [3.05, 3.63) is 55.7 Å². The molecule has 148 valence electrons. The van der Waals surface area contributed by atoms with Gasteiger partial charge in [-0.05, 0) is 114 Å². The molecule has 0 aliphatic carbocycles. The van der Waals surface area contributed by atoms with Gasteiger partial charge in [0.25, 0.3) is 0 Å². The molecule has 0 amide bonds. The first-order valence-corrected chi connectivity index (χ1v) is 11.8. The minimum atomic E-state index is -1.28. The van der Waals surface area contributed by atoms with Gasteiger partial charge in [0.15, 0.2) is 0 Å². The Morgan fingerprint density at radius 1 is 1.07 bits per heavy atom. The van der Waals surface area contributed by atoms with E-state index in [2.05, 4.69) is 6.58 Å². The maximum absolute atomic E-state index is 12.3. The zero-order chi connectivity index (χ0) is 21.0. The topological polar surface area (TPSA) is 95.9 Å². The second kappa shape index (κ2) is 10.6. The molecule has 0 aromatic heterocycles. The van der Waals surface area contributed by atoms with Gasteiger partial charge < -0.3 is 24.5 Å². The second-order valence-corrected chi connectivity index (χ2v) is 9.80. The lowest BCUT2D eigenvalue weighted by molar-refractivity contribution is -0.255. The lowest BCUT2D eigenvalue weighted by Crippen LogP contribution is -2.25. The molecule has 0 atom stereocenters. The quantitative estimate of drug-likeness (QED) is 0.257. The Morgan fingerprint density at radius 2 is 1.75 bits per heavy atom. The molecule has 2 aromatic rings. The molecule has 28 heavy (non-hydrogen) atoms. The summed E-state index contributed by atoms with van der Waals surface area (Å²) in [5.41, 5.74) is 0.789. The number of esters is 1. The van der Waals surface area contributed by atoms with Crippen molar-refractivity contribution in [3.63, 3.8) is 0 Å². The number of phenols is 1. The van der Waals surface area contributed by atoms with Crippen LogP contribution < -0.4 is 9.84 Å². The molecule has 0 saturated heterocycles. The van der Waals surface area contributed by atoms with Gasteiger partial charge >= 0.3 is 5.97 Å². The number of phenolic OH excluding ortho intramolecular Hbond substituents is 1. The van der Waals surface area contributed by atoms with Gasteiger partial charge in [-0.2, -0.15) is 0 Å². The number of aromatic hydroxyl groups is 1. The molecule has 2 aromatic carbocycles. The molecule has 0 fully saturated rings. The van der Waals surface area contributed by atoms with Gasteiger partial charge in [0.2, 0.25) is 0 Å². The van der Waals surface area contributed by atoms with Crippen LogP contribution in [0.15, 0.2) is 24.8 Å². The van der Waals surface area contributed by atoms with Gasteiger partial charge in [-0.15, -0.1) is 0 Å². The average molecular weight is 831 g/mol. The van der Waals surface area contributed by atoms with E-state index in [1.165, 1.54) is 6.07 Å². The van der Waals surface area contributed by atoms with Crippen LogP contribution in [0.3, 0.4) is 0 Å². The van der Waals surface area contributed by atoms with Gasteiger partial charge in [0, 0.05) is 9.13 Å². The summed E-state index contributed by atoms with van der Waals surface area (Å²) in [5.74, 6) is -1.74. The number of benzene rings is 2. The lowest BCUT2D eigenvalue weighted by atomic mass is 10.1. The number of carboxylic acids is 1. The van der Waals surface area contributed by atoms with Crippen LogP contribution in [0.4, 0.5) is 0 Å². The summed E-state index contributed by atoms with van der Waals surface area (Å²) < 4.78 is 13.0. The highest BCUT2D eigenvalue weighted by molar-refractivity contribution is 14.1. The summed E-state index contributed by atoms with van der Waals surface area (Å²) in [6, 6.07) is 4.86. The van der Waals surface area contributed by atoms with Crippen molar-refractivity contribution < 1.29 is 29.3 Å². The number of carboxylic acid groups (broad SMARTS) is 1. The Bertz CT molecular complexity index is 958. The molecule has 10 heteroatoms. The predicted octanol–water partition coefficient (Wildman–Crippen LogP) is 4.05. The summed E-state index contributed by atoms with van der Waals surface area (Å²) >= 11 is 7.78. The van der Waals surface area contributed by atoms with Crippen LogP contribution >= 0.6 is 90.4 Å². The van der Waals surface area contributed by atoms with E-state index in [-0.39, 0.29) is 30.1 Å². The van der Waals surface area contributed by atoms with Crippen molar-refractivity contribution >= 4 is 108 Å². The Balaban J connectivity index is 2.07. The molecular formula is C18H11I4O6-. The van der Waals surface area contributed by atoms with Gasteiger partial charge in [-0.1, -0.05) is 12.7 Å². The van der Waals surface area contributed by atoms with Crippen LogP contribution in [-0.2, 0) is 4.74 Å². The molecule has 0 saturated carbocycles. The summed E-state index contributed by atoms with van der Waals surface area (Å²) in [4.78, 5) is 23.6. The number of carbonyl (C=O) groups excluding carboxylic acids is 2. The maximum Gasteiger partial charge on any atom is 0.342 e. The van der Waals surface area contributed by atoms with Crippen LogP contribution in [-0.4, -0.2) is 30.3 Å². The SMILES string of the molecule is C=Cc1cc(I)c(O)c(C(=O)OCCOc2c(I)cc(I)c(C(=O)[O-])c2I)c1. The van der Waals surface area contributed by atoms with Gasteiger partial charge in [0.1, 0.15) is 30.3 Å². The van der Waals surface area contributed by atoms with E-state index in [0.717, 1.165) is 3.57 Å². The van der Waals surface area contributed by atoms with Crippen molar-refractivity contribution in [3.8, 4) is 11.5 Å². The molecular weight excluding hydrogens is 820 g/mol. The number of rotatable bonds is 7. The summed E-state index contributed by atoms with van der Waals surface area (Å²) in [7, 11) is 0. The normalized spacial score (nSPS) is 10.4. The number of aromatic carboxylic acids is 1. The third-order valence-electron chi connectivity index (χ3n) is 3.44. The smallest absolute Gasteiger partial charge is 0.342 e. The van der Waals surface area contributed by atoms with Crippen LogP contribution in [0.5, 0.6) is 11.5 Å².